The van der Waals surface area contributed by atoms with E-state index in [1.165, 1.54) is 11.7 Å². The Balaban J connectivity index is 3.19. The van der Waals surface area contributed by atoms with Crippen molar-refractivity contribution in [2.45, 2.75) is 32.4 Å². The molecule has 0 spiro atoms. The van der Waals surface area contributed by atoms with E-state index in [0.717, 1.165) is 0 Å². The number of hydrogen-bond donors (Lipinski definition) is 0. The molecule has 80 valence electrons. The maximum absolute atomic E-state index is 12.2. The lowest BCUT2D eigenvalue weighted by Crippen LogP contribution is -2.17. The summed E-state index contributed by atoms with van der Waals surface area (Å²) in [4.78, 5) is 3.48. The fourth-order valence-corrected chi connectivity index (χ4v) is 1.16. The van der Waals surface area contributed by atoms with Gasteiger partial charge in [0.1, 0.15) is 5.82 Å². The van der Waals surface area contributed by atoms with Crippen molar-refractivity contribution in [3.05, 3.63) is 11.6 Å². The van der Waals surface area contributed by atoms with E-state index < -0.39 is 17.4 Å². The molecule has 0 saturated carbocycles. The van der Waals surface area contributed by atoms with Crippen molar-refractivity contribution in [3.63, 3.8) is 0 Å². The molecule has 0 N–H and O–H groups in total. The summed E-state index contributed by atoms with van der Waals surface area (Å²) < 4.78 is 37.9. The first kappa shape index (κ1) is 11.0. The van der Waals surface area contributed by atoms with Crippen molar-refractivity contribution < 1.29 is 13.2 Å². The number of nitrogens with zero attached hydrogens (tertiary/aromatic N) is 3. The molecule has 3 nitrogen and oxygen atoms in total. The predicted octanol–water partition coefficient (Wildman–Crippen LogP) is 2.13. The summed E-state index contributed by atoms with van der Waals surface area (Å²) in [5.41, 5.74) is -0.439. The first-order valence-corrected chi connectivity index (χ1v) is 4.11. The summed E-state index contributed by atoms with van der Waals surface area (Å²) in [6.07, 6.45) is -4.47. The number of aromatic nitrogens is 3. The normalized spacial score (nSPS) is 13.4. The number of rotatable bonds is 0. The molecule has 0 atom stereocenters. The molecule has 0 fully saturated rings. The van der Waals surface area contributed by atoms with Gasteiger partial charge in [0.05, 0.1) is 0 Å². The van der Waals surface area contributed by atoms with Gasteiger partial charge < -0.3 is 0 Å². The molecule has 0 amide bonds. The molecule has 0 aromatic carbocycles. The van der Waals surface area contributed by atoms with E-state index in [1.54, 1.807) is 20.8 Å². The van der Waals surface area contributed by atoms with Gasteiger partial charge in [-0.15, -0.1) is 5.10 Å². The lowest BCUT2D eigenvalue weighted by molar-refractivity contribution is -0.145. The van der Waals surface area contributed by atoms with E-state index in [-0.39, 0.29) is 0 Å². The molecule has 1 aromatic heterocycles. The van der Waals surface area contributed by atoms with E-state index in [9.17, 15) is 13.2 Å². The van der Waals surface area contributed by atoms with Crippen LogP contribution in [-0.2, 0) is 18.6 Å². The Bertz CT molecular complexity index is 333. The topological polar surface area (TPSA) is 30.7 Å². The van der Waals surface area contributed by atoms with Crippen LogP contribution in [0.2, 0.25) is 0 Å². The summed E-state index contributed by atoms with van der Waals surface area (Å²) in [5, 5.41) is 3.33. The Kier molecular flexibility index (Phi) is 2.33. The van der Waals surface area contributed by atoms with Crippen molar-refractivity contribution in [1.82, 2.24) is 14.8 Å². The molecule has 0 bridgehead atoms. The maximum Gasteiger partial charge on any atom is 0.453 e. The SMILES string of the molecule is Cn1nc(C(F)(F)F)nc1C(C)(C)C. The smallest absolute Gasteiger partial charge is 0.252 e. The van der Waals surface area contributed by atoms with E-state index >= 15 is 0 Å². The van der Waals surface area contributed by atoms with Gasteiger partial charge in [0.15, 0.2) is 0 Å². The van der Waals surface area contributed by atoms with Crippen LogP contribution in [-0.4, -0.2) is 14.8 Å². The standard InChI is InChI=1S/C8H12F3N3/c1-7(2,3)6-12-5(8(9,10)11)13-14(6)4/h1-4H3. The molecular weight excluding hydrogens is 195 g/mol. The van der Waals surface area contributed by atoms with Gasteiger partial charge in [-0.25, -0.2) is 4.98 Å². The minimum absolute atomic E-state index is 0.324. The molecule has 0 radical (unpaired) electrons. The van der Waals surface area contributed by atoms with Crippen LogP contribution in [0, 0.1) is 0 Å². The molecule has 14 heavy (non-hydrogen) atoms. The van der Waals surface area contributed by atoms with Gasteiger partial charge in [-0.3, -0.25) is 4.68 Å². The van der Waals surface area contributed by atoms with Gasteiger partial charge in [-0.2, -0.15) is 13.2 Å². The number of halogens is 3. The van der Waals surface area contributed by atoms with Crippen LogP contribution >= 0.6 is 0 Å². The molecule has 0 aliphatic rings. The largest absolute Gasteiger partial charge is 0.453 e. The van der Waals surface area contributed by atoms with Crippen molar-refractivity contribution in [3.8, 4) is 0 Å². The Labute approximate surface area is 79.9 Å². The highest BCUT2D eigenvalue weighted by Gasteiger charge is 2.38. The van der Waals surface area contributed by atoms with Gasteiger partial charge in [-0.1, -0.05) is 20.8 Å². The molecule has 0 unspecified atom stereocenters. The average Bonchev–Trinajstić information content (AvgIpc) is 2.27. The highest BCUT2D eigenvalue weighted by atomic mass is 19.4. The molecule has 0 aliphatic heterocycles. The van der Waals surface area contributed by atoms with E-state index in [4.69, 9.17) is 0 Å². The second-order valence-electron chi connectivity index (χ2n) is 4.13. The molecule has 0 aliphatic carbocycles. The monoisotopic (exact) mass is 207 g/mol. The summed E-state index contributed by atoms with van der Waals surface area (Å²) in [6, 6.07) is 0. The summed E-state index contributed by atoms with van der Waals surface area (Å²) >= 11 is 0. The van der Waals surface area contributed by atoms with Crippen molar-refractivity contribution in [1.29, 1.82) is 0 Å². The predicted molar refractivity (Wildman–Crippen MR) is 44.7 cm³/mol. The minimum atomic E-state index is -4.47. The zero-order chi connectivity index (χ0) is 11.1. The summed E-state index contributed by atoms with van der Waals surface area (Å²) in [6.45, 7) is 5.37. The number of hydrogen-bond acceptors (Lipinski definition) is 2. The highest BCUT2D eigenvalue weighted by molar-refractivity contribution is 5.05. The van der Waals surface area contributed by atoms with Crippen LogP contribution in [0.1, 0.15) is 32.4 Å². The Hall–Kier alpha value is -1.07. The van der Waals surface area contributed by atoms with Crippen LogP contribution in [0.4, 0.5) is 13.2 Å². The van der Waals surface area contributed by atoms with Crippen LogP contribution in [0.3, 0.4) is 0 Å². The van der Waals surface area contributed by atoms with Gasteiger partial charge in [0, 0.05) is 12.5 Å². The third kappa shape index (κ3) is 2.05. The van der Waals surface area contributed by atoms with Crippen molar-refractivity contribution in [2.24, 2.45) is 7.05 Å². The minimum Gasteiger partial charge on any atom is -0.252 e. The second kappa shape index (κ2) is 2.96. The van der Waals surface area contributed by atoms with Crippen LogP contribution in [0.5, 0.6) is 0 Å². The van der Waals surface area contributed by atoms with Crippen molar-refractivity contribution >= 4 is 0 Å². The molecule has 6 heteroatoms. The summed E-state index contributed by atoms with van der Waals surface area (Å²) in [5.74, 6) is -0.755. The van der Waals surface area contributed by atoms with Crippen LogP contribution in [0.25, 0.3) is 0 Å². The lowest BCUT2D eigenvalue weighted by Gasteiger charge is -2.15. The van der Waals surface area contributed by atoms with Crippen LogP contribution in [0.15, 0.2) is 0 Å². The second-order valence-corrected chi connectivity index (χ2v) is 4.13. The third-order valence-corrected chi connectivity index (χ3v) is 1.69. The average molecular weight is 207 g/mol. The zero-order valence-electron chi connectivity index (χ0n) is 8.48. The molecular formula is C8H12F3N3. The lowest BCUT2D eigenvalue weighted by atomic mass is 9.96. The van der Waals surface area contributed by atoms with E-state index in [2.05, 4.69) is 10.1 Å². The van der Waals surface area contributed by atoms with E-state index in [1.807, 2.05) is 0 Å². The Morgan fingerprint density at radius 3 is 1.86 bits per heavy atom. The molecule has 1 rings (SSSR count). The fourth-order valence-electron chi connectivity index (χ4n) is 1.16. The van der Waals surface area contributed by atoms with Crippen molar-refractivity contribution in [2.75, 3.05) is 0 Å². The number of aryl methyl sites for hydroxylation is 1. The van der Waals surface area contributed by atoms with Gasteiger partial charge in [0.25, 0.3) is 5.82 Å². The fraction of sp³-hybridized carbons (Fsp3) is 0.750. The van der Waals surface area contributed by atoms with Crippen LogP contribution < -0.4 is 0 Å². The quantitative estimate of drug-likeness (QED) is 0.652. The Morgan fingerprint density at radius 1 is 1.14 bits per heavy atom. The maximum atomic E-state index is 12.2. The zero-order valence-corrected chi connectivity index (χ0v) is 8.48. The van der Waals surface area contributed by atoms with E-state index in [0.29, 0.717) is 5.82 Å². The molecule has 0 saturated heterocycles. The molecule has 1 heterocycles. The van der Waals surface area contributed by atoms with Gasteiger partial charge >= 0.3 is 6.18 Å². The molecule has 1 aromatic rings. The first-order chi connectivity index (χ1) is 6.12. The summed E-state index contributed by atoms with van der Waals surface area (Å²) in [7, 11) is 1.46. The van der Waals surface area contributed by atoms with Gasteiger partial charge in [-0.05, 0) is 0 Å². The Morgan fingerprint density at radius 2 is 1.64 bits per heavy atom. The number of alkyl halides is 3. The first-order valence-electron chi connectivity index (χ1n) is 4.11. The highest BCUT2D eigenvalue weighted by Crippen LogP contribution is 2.28. The van der Waals surface area contributed by atoms with Gasteiger partial charge in [0.2, 0.25) is 0 Å². The third-order valence-electron chi connectivity index (χ3n) is 1.69.